The zero-order chi connectivity index (χ0) is 12.3. The summed E-state index contributed by atoms with van der Waals surface area (Å²) in [5.74, 6) is 1.92. The van der Waals surface area contributed by atoms with Gasteiger partial charge in [-0.1, -0.05) is 0 Å². The lowest BCUT2D eigenvalue weighted by Crippen LogP contribution is -2.45. The summed E-state index contributed by atoms with van der Waals surface area (Å²) >= 11 is 0. The van der Waals surface area contributed by atoms with Crippen molar-refractivity contribution in [3.63, 3.8) is 0 Å². The normalized spacial score (nSPS) is 29.0. The molecule has 2 saturated heterocycles. The van der Waals surface area contributed by atoms with Crippen LogP contribution in [0.4, 0.5) is 0 Å². The maximum absolute atomic E-state index is 11.4. The molecule has 0 bridgehead atoms. The molecule has 1 N–H and O–H groups in total. The van der Waals surface area contributed by atoms with E-state index in [0.717, 1.165) is 38.9 Å². The van der Waals surface area contributed by atoms with E-state index in [-0.39, 0.29) is 0 Å². The molecule has 0 saturated carbocycles. The first-order chi connectivity index (χ1) is 8.12. The van der Waals surface area contributed by atoms with Gasteiger partial charge in [-0.15, -0.1) is 0 Å². The van der Waals surface area contributed by atoms with E-state index in [1.165, 1.54) is 0 Å². The Balaban J connectivity index is 1.94. The molecule has 0 aromatic heterocycles. The Hall–Kier alpha value is -0.130. The van der Waals surface area contributed by atoms with Crippen LogP contribution < -0.4 is 5.32 Å². The minimum absolute atomic E-state index is 0.374. The quantitative estimate of drug-likeness (QED) is 0.817. The Bertz CT molecular complexity index is 322. The summed E-state index contributed by atoms with van der Waals surface area (Å²) in [6.07, 6.45) is 3.86. The molecule has 5 heteroatoms. The van der Waals surface area contributed by atoms with E-state index in [9.17, 15) is 8.42 Å². The molecular weight excluding hydrogens is 238 g/mol. The Morgan fingerprint density at radius 3 is 2.12 bits per heavy atom. The van der Waals surface area contributed by atoms with Crippen LogP contribution in [0.1, 0.15) is 25.7 Å². The molecule has 100 valence electrons. The SMILES string of the molecule is CNC(C1CCOCC1)C1CCS(=O)(=O)CC1. The zero-order valence-electron chi connectivity index (χ0n) is 10.5. The summed E-state index contributed by atoms with van der Waals surface area (Å²) in [6, 6.07) is 0.467. The predicted molar refractivity (Wildman–Crippen MR) is 67.8 cm³/mol. The third-order valence-corrected chi connectivity index (χ3v) is 5.93. The molecular formula is C12H23NO3S. The van der Waals surface area contributed by atoms with Crippen LogP contribution in [0.5, 0.6) is 0 Å². The van der Waals surface area contributed by atoms with Gasteiger partial charge >= 0.3 is 0 Å². The van der Waals surface area contributed by atoms with Crippen LogP contribution in [-0.2, 0) is 14.6 Å². The number of hydrogen-bond acceptors (Lipinski definition) is 4. The van der Waals surface area contributed by atoms with Crippen LogP contribution in [0.25, 0.3) is 0 Å². The molecule has 17 heavy (non-hydrogen) atoms. The number of hydrogen-bond donors (Lipinski definition) is 1. The molecule has 0 amide bonds. The van der Waals surface area contributed by atoms with Gasteiger partial charge in [-0.25, -0.2) is 8.42 Å². The first-order valence-electron chi connectivity index (χ1n) is 6.58. The fourth-order valence-electron chi connectivity index (χ4n) is 3.20. The third kappa shape index (κ3) is 3.42. The maximum atomic E-state index is 11.4. The standard InChI is InChI=1S/C12H23NO3S/c1-13-12(10-2-6-16-7-3-10)11-4-8-17(14,15)9-5-11/h10-13H,2-9H2,1H3. The van der Waals surface area contributed by atoms with Gasteiger partial charge in [-0.2, -0.15) is 0 Å². The van der Waals surface area contributed by atoms with Crippen molar-refractivity contribution < 1.29 is 13.2 Å². The van der Waals surface area contributed by atoms with Crippen LogP contribution in [-0.4, -0.2) is 46.2 Å². The average Bonchev–Trinajstić information content (AvgIpc) is 2.33. The van der Waals surface area contributed by atoms with E-state index in [1.807, 2.05) is 7.05 Å². The van der Waals surface area contributed by atoms with Gasteiger partial charge in [0, 0.05) is 19.3 Å². The van der Waals surface area contributed by atoms with Crippen LogP contribution in [0.2, 0.25) is 0 Å². The van der Waals surface area contributed by atoms with Crippen molar-refractivity contribution in [2.45, 2.75) is 31.7 Å². The molecule has 0 radical (unpaired) electrons. The Morgan fingerprint density at radius 2 is 1.59 bits per heavy atom. The van der Waals surface area contributed by atoms with Crippen LogP contribution >= 0.6 is 0 Å². The summed E-state index contributed by atoms with van der Waals surface area (Å²) in [5.41, 5.74) is 0. The first kappa shape index (κ1) is 13.3. The molecule has 2 fully saturated rings. The summed E-state index contributed by atoms with van der Waals surface area (Å²) in [4.78, 5) is 0. The van der Waals surface area contributed by atoms with Crippen molar-refractivity contribution in [2.24, 2.45) is 11.8 Å². The molecule has 4 nitrogen and oxygen atoms in total. The van der Waals surface area contributed by atoms with Crippen molar-refractivity contribution in [1.29, 1.82) is 0 Å². The van der Waals surface area contributed by atoms with Crippen molar-refractivity contribution in [3.05, 3.63) is 0 Å². The summed E-state index contributed by atoms with van der Waals surface area (Å²) in [5, 5.41) is 3.42. The van der Waals surface area contributed by atoms with Gasteiger partial charge in [0.05, 0.1) is 11.5 Å². The van der Waals surface area contributed by atoms with Crippen LogP contribution in [0.3, 0.4) is 0 Å². The number of nitrogens with one attached hydrogen (secondary N) is 1. The van der Waals surface area contributed by atoms with Gasteiger partial charge < -0.3 is 10.1 Å². The van der Waals surface area contributed by atoms with E-state index >= 15 is 0 Å². The molecule has 2 aliphatic rings. The predicted octanol–water partition coefficient (Wildman–Crippen LogP) is 0.826. The second-order valence-corrected chi connectivity index (χ2v) is 7.56. The van der Waals surface area contributed by atoms with Gasteiger partial charge in [0.25, 0.3) is 0 Å². The fourth-order valence-corrected chi connectivity index (χ4v) is 4.73. The number of sulfone groups is 1. The van der Waals surface area contributed by atoms with Gasteiger partial charge in [-0.3, -0.25) is 0 Å². The van der Waals surface area contributed by atoms with Crippen LogP contribution in [0, 0.1) is 11.8 Å². The van der Waals surface area contributed by atoms with E-state index in [2.05, 4.69) is 5.32 Å². The van der Waals surface area contributed by atoms with Gasteiger partial charge in [-0.05, 0) is 44.6 Å². The Kier molecular flexibility index (Phi) is 4.44. The summed E-state index contributed by atoms with van der Waals surface area (Å²) in [6.45, 7) is 1.71. The fraction of sp³-hybridized carbons (Fsp3) is 1.00. The van der Waals surface area contributed by atoms with E-state index in [1.54, 1.807) is 0 Å². The van der Waals surface area contributed by atoms with Crippen molar-refractivity contribution in [1.82, 2.24) is 5.32 Å². The van der Waals surface area contributed by atoms with Crippen molar-refractivity contribution in [2.75, 3.05) is 31.8 Å². The lowest BCUT2D eigenvalue weighted by molar-refractivity contribution is 0.0447. The van der Waals surface area contributed by atoms with Crippen molar-refractivity contribution >= 4 is 9.84 Å². The highest BCUT2D eigenvalue weighted by Gasteiger charge is 2.33. The minimum Gasteiger partial charge on any atom is -0.381 e. The largest absolute Gasteiger partial charge is 0.381 e. The minimum atomic E-state index is -2.74. The zero-order valence-corrected chi connectivity index (χ0v) is 11.3. The molecule has 0 aliphatic carbocycles. The highest BCUT2D eigenvalue weighted by atomic mass is 32.2. The third-order valence-electron chi connectivity index (χ3n) is 4.21. The summed E-state index contributed by atoms with van der Waals surface area (Å²) in [7, 11) is -0.737. The van der Waals surface area contributed by atoms with E-state index < -0.39 is 9.84 Å². The molecule has 2 aliphatic heterocycles. The second-order valence-electron chi connectivity index (χ2n) is 5.25. The first-order valence-corrected chi connectivity index (χ1v) is 8.40. The maximum Gasteiger partial charge on any atom is 0.150 e. The highest BCUT2D eigenvalue weighted by molar-refractivity contribution is 7.91. The van der Waals surface area contributed by atoms with Gasteiger partial charge in [0.1, 0.15) is 9.84 Å². The second kappa shape index (κ2) is 5.67. The summed E-state index contributed by atoms with van der Waals surface area (Å²) < 4.78 is 28.3. The molecule has 1 unspecified atom stereocenters. The molecule has 0 aromatic rings. The van der Waals surface area contributed by atoms with E-state index in [4.69, 9.17) is 4.74 Å². The van der Waals surface area contributed by atoms with Crippen LogP contribution in [0.15, 0.2) is 0 Å². The lowest BCUT2D eigenvalue weighted by atomic mass is 9.81. The smallest absolute Gasteiger partial charge is 0.150 e. The van der Waals surface area contributed by atoms with Gasteiger partial charge in [0.2, 0.25) is 0 Å². The number of ether oxygens (including phenoxy) is 1. The molecule has 2 rings (SSSR count). The molecule has 1 atom stereocenters. The molecule has 0 aromatic carbocycles. The molecule has 2 heterocycles. The van der Waals surface area contributed by atoms with Gasteiger partial charge in [0.15, 0.2) is 0 Å². The lowest BCUT2D eigenvalue weighted by Gasteiger charge is -2.37. The number of rotatable bonds is 3. The average molecular weight is 261 g/mol. The monoisotopic (exact) mass is 261 g/mol. The molecule has 0 spiro atoms. The Labute approximate surface area is 104 Å². The topological polar surface area (TPSA) is 55.4 Å². The van der Waals surface area contributed by atoms with E-state index in [0.29, 0.717) is 29.4 Å². The Morgan fingerprint density at radius 1 is 1.06 bits per heavy atom. The van der Waals surface area contributed by atoms with Crippen molar-refractivity contribution in [3.8, 4) is 0 Å². The highest BCUT2D eigenvalue weighted by Crippen LogP contribution is 2.30.